The van der Waals surface area contributed by atoms with Crippen molar-refractivity contribution in [1.82, 2.24) is 15.6 Å². The van der Waals surface area contributed by atoms with Crippen LogP contribution in [0, 0.1) is 0 Å². The first kappa shape index (κ1) is 24.7. The van der Waals surface area contributed by atoms with Gasteiger partial charge < -0.3 is 15.4 Å². The van der Waals surface area contributed by atoms with E-state index in [-0.39, 0.29) is 35.6 Å². The number of hydrogen-bond donors (Lipinski definition) is 2. The van der Waals surface area contributed by atoms with E-state index in [0.717, 1.165) is 34.5 Å². The third-order valence-corrected chi connectivity index (χ3v) is 5.38. The molecule has 1 atom stereocenters. The lowest BCUT2D eigenvalue weighted by Crippen LogP contribution is -2.45. The molecule has 0 aliphatic carbocycles. The van der Waals surface area contributed by atoms with Gasteiger partial charge in [-0.15, -0.1) is 35.3 Å². The molecular weight excluding hydrogens is 528 g/mol. The summed E-state index contributed by atoms with van der Waals surface area (Å²) in [6, 6.07) is 7.92. The van der Waals surface area contributed by atoms with Crippen LogP contribution in [0.5, 0.6) is 5.75 Å². The zero-order valence-corrected chi connectivity index (χ0v) is 20.2. The first-order valence-corrected chi connectivity index (χ1v) is 10.4. The second-order valence-corrected chi connectivity index (χ2v) is 8.38. The number of thiazole rings is 1. The van der Waals surface area contributed by atoms with Gasteiger partial charge in [0.25, 0.3) is 0 Å². The molecular formula is C20H26F3IN4OS. The Morgan fingerprint density at radius 3 is 2.73 bits per heavy atom. The summed E-state index contributed by atoms with van der Waals surface area (Å²) in [5, 5.41) is 8.12. The minimum absolute atomic E-state index is 0. The van der Waals surface area contributed by atoms with Crippen molar-refractivity contribution in [2.24, 2.45) is 4.99 Å². The van der Waals surface area contributed by atoms with Gasteiger partial charge in [-0.25, -0.2) is 4.98 Å². The Kier molecular flexibility index (Phi) is 8.37. The maximum absolute atomic E-state index is 12.7. The van der Waals surface area contributed by atoms with Crippen LogP contribution in [0.4, 0.5) is 13.2 Å². The molecule has 0 fully saturated rings. The van der Waals surface area contributed by atoms with E-state index in [4.69, 9.17) is 4.74 Å². The molecule has 0 saturated carbocycles. The highest BCUT2D eigenvalue weighted by Crippen LogP contribution is 2.39. The number of hydrogen-bond acceptors (Lipinski definition) is 4. The molecule has 30 heavy (non-hydrogen) atoms. The summed E-state index contributed by atoms with van der Waals surface area (Å²) in [5.74, 6) is 1.47. The number of rotatable bonds is 5. The van der Waals surface area contributed by atoms with E-state index < -0.39 is 11.9 Å². The number of benzene rings is 1. The van der Waals surface area contributed by atoms with Crippen LogP contribution < -0.4 is 15.4 Å². The summed E-state index contributed by atoms with van der Waals surface area (Å²) in [5.41, 5.74) is -0.0992. The fraction of sp³-hybridized carbons (Fsp3) is 0.500. The topological polar surface area (TPSA) is 58.5 Å². The first-order valence-electron chi connectivity index (χ1n) is 9.52. The lowest BCUT2D eigenvalue weighted by molar-refractivity contribution is -0.140. The highest BCUT2D eigenvalue weighted by Gasteiger charge is 2.34. The van der Waals surface area contributed by atoms with Gasteiger partial charge in [-0.3, -0.25) is 4.99 Å². The maximum atomic E-state index is 12.7. The van der Waals surface area contributed by atoms with Crippen LogP contribution >= 0.6 is 35.3 Å². The molecule has 0 radical (unpaired) electrons. The summed E-state index contributed by atoms with van der Waals surface area (Å²) < 4.78 is 44.1. The van der Waals surface area contributed by atoms with Crippen LogP contribution in [-0.4, -0.2) is 29.6 Å². The Labute approximate surface area is 195 Å². The number of nitrogens with zero attached hydrogens (tertiary/aromatic N) is 2. The molecule has 1 aromatic heterocycles. The van der Waals surface area contributed by atoms with Crippen LogP contribution in [0.3, 0.4) is 0 Å². The molecule has 10 heteroatoms. The monoisotopic (exact) mass is 554 g/mol. The largest absolute Gasteiger partial charge is 0.487 e. The molecule has 1 aliphatic heterocycles. The van der Waals surface area contributed by atoms with Gasteiger partial charge in [-0.05, 0) is 26.8 Å². The van der Waals surface area contributed by atoms with Crippen LogP contribution in [0.15, 0.2) is 34.6 Å². The van der Waals surface area contributed by atoms with Crippen molar-refractivity contribution in [1.29, 1.82) is 0 Å². The van der Waals surface area contributed by atoms with Gasteiger partial charge in [0.2, 0.25) is 0 Å². The van der Waals surface area contributed by atoms with Crippen LogP contribution in [0.25, 0.3) is 0 Å². The average molecular weight is 554 g/mol. The van der Waals surface area contributed by atoms with E-state index >= 15 is 0 Å². The zero-order chi connectivity index (χ0) is 21.1. The van der Waals surface area contributed by atoms with Gasteiger partial charge in [0.15, 0.2) is 11.7 Å². The van der Waals surface area contributed by atoms with E-state index in [1.54, 1.807) is 0 Å². The predicted octanol–water partition coefficient (Wildman–Crippen LogP) is 5.18. The number of ether oxygens (including phenoxy) is 1. The van der Waals surface area contributed by atoms with Gasteiger partial charge in [0.05, 0.1) is 11.0 Å². The lowest BCUT2D eigenvalue weighted by atomic mass is 9.90. The van der Waals surface area contributed by atoms with Gasteiger partial charge in [0, 0.05) is 36.9 Å². The van der Waals surface area contributed by atoms with Crippen LogP contribution in [-0.2, 0) is 12.6 Å². The molecule has 166 valence electrons. The van der Waals surface area contributed by atoms with E-state index in [0.29, 0.717) is 30.5 Å². The quantitative estimate of drug-likeness (QED) is 0.304. The van der Waals surface area contributed by atoms with Crippen molar-refractivity contribution in [3.05, 3.63) is 45.9 Å². The van der Waals surface area contributed by atoms with Crippen molar-refractivity contribution in [3.8, 4) is 5.75 Å². The number of para-hydroxylation sites is 1. The fourth-order valence-electron chi connectivity index (χ4n) is 3.24. The number of aromatic nitrogens is 1. The van der Waals surface area contributed by atoms with Gasteiger partial charge in [0.1, 0.15) is 11.4 Å². The normalized spacial score (nSPS) is 18.1. The predicted molar refractivity (Wildman–Crippen MR) is 124 cm³/mol. The molecule has 2 heterocycles. The van der Waals surface area contributed by atoms with Crippen LogP contribution in [0.1, 0.15) is 49.5 Å². The Morgan fingerprint density at radius 2 is 2.07 bits per heavy atom. The number of aliphatic imine (C=N–C) groups is 1. The Balaban J connectivity index is 0.00000320. The number of alkyl halides is 3. The first-order chi connectivity index (χ1) is 13.7. The molecule has 0 bridgehead atoms. The van der Waals surface area contributed by atoms with E-state index in [1.807, 2.05) is 45.0 Å². The highest BCUT2D eigenvalue weighted by molar-refractivity contribution is 14.0. The van der Waals surface area contributed by atoms with Gasteiger partial charge in [-0.1, -0.05) is 18.2 Å². The number of fused-ring (bicyclic) bond motifs is 1. The molecule has 1 aromatic carbocycles. The summed E-state index contributed by atoms with van der Waals surface area (Å²) >= 11 is 1.01. The number of nitrogens with one attached hydrogen (secondary N) is 2. The minimum Gasteiger partial charge on any atom is -0.487 e. The van der Waals surface area contributed by atoms with E-state index in [9.17, 15) is 13.2 Å². The molecule has 0 saturated heterocycles. The molecule has 5 nitrogen and oxygen atoms in total. The summed E-state index contributed by atoms with van der Waals surface area (Å²) in [6.07, 6.45) is -3.29. The minimum atomic E-state index is -4.41. The number of halogens is 4. The zero-order valence-electron chi connectivity index (χ0n) is 17.0. The molecule has 2 aromatic rings. The van der Waals surface area contributed by atoms with Crippen LogP contribution in [0.2, 0.25) is 0 Å². The molecule has 2 N–H and O–H groups in total. The smallest absolute Gasteiger partial charge is 0.434 e. The summed E-state index contributed by atoms with van der Waals surface area (Å²) in [7, 11) is 0. The van der Waals surface area contributed by atoms with Gasteiger partial charge in [-0.2, -0.15) is 13.2 Å². The Bertz CT molecular complexity index is 870. The Hall–Kier alpha value is -1.56. The van der Waals surface area contributed by atoms with Crippen molar-refractivity contribution in [2.45, 2.75) is 51.4 Å². The molecule has 0 amide bonds. The molecule has 3 rings (SSSR count). The molecule has 1 aliphatic rings. The lowest BCUT2D eigenvalue weighted by Gasteiger charge is -2.38. The molecule has 0 spiro atoms. The third-order valence-electron chi connectivity index (χ3n) is 4.47. The average Bonchev–Trinajstić information content (AvgIpc) is 3.10. The van der Waals surface area contributed by atoms with Crippen molar-refractivity contribution in [3.63, 3.8) is 0 Å². The standard InChI is InChI=1S/C20H25F3N4OS.HI/c1-4-24-18(25-10-9-17-27-16(12-29-17)20(21,22)23)26-14-11-19(2,3)28-15-8-6-5-7-13(14)15;/h5-8,12,14H,4,9-11H2,1-3H3,(H2,24,25,26);1H. The second-order valence-electron chi connectivity index (χ2n) is 7.44. The third kappa shape index (κ3) is 6.47. The molecule has 1 unspecified atom stereocenters. The SMILES string of the molecule is CCNC(=NCCc1nc(C(F)(F)F)cs1)NC1CC(C)(C)Oc2ccccc21.I. The summed E-state index contributed by atoms with van der Waals surface area (Å²) in [4.78, 5) is 8.19. The van der Waals surface area contributed by atoms with Gasteiger partial charge >= 0.3 is 6.18 Å². The number of guanidine groups is 1. The van der Waals surface area contributed by atoms with Crippen molar-refractivity contribution >= 4 is 41.3 Å². The fourth-order valence-corrected chi connectivity index (χ4v) is 4.03. The van der Waals surface area contributed by atoms with Crippen molar-refractivity contribution < 1.29 is 17.9 Å². The Morgan fingerprint density at radius 1 is 1.33 bits per heavy atom. The summed E-state index contributed by atoms with van der Waals surface area (Å²) in [6.45, 7) is 7.07. The van der Waals surface area contributed by atoms with E-state index in [1.165, 1.54) is 0 Å². The second kappa shape index (κ2) is 10.2. The maximum Gasteiger partial charge on any atom is 0.434 e. The van der Waals surface area contributed by atoms with Crippen molar-refractivity contribution in [2.75, 3.05) is 13.1 Å². The highest BCUT2D eigenvalue weighted by atomic mass is 127. The van der Waals surface area contributed by atoms with E-state index in [2.05, 4.69) is 20.6 Å².